The van der Waals surface area contributed by atoms with E-state index in [2.05, 4.69) is 24.8 Å². The molecule has 6 nitrogen and oxygen atoms in total. The molecule has 1 aliphatic heterocycles. The van der Waals surface area contributed by atoms with E-state index in [1.54, 1.807) is 12.3 Å². The standard InChI is InChI=1S/C14H19N5O/c1-10-17-12(8-14(20)18-10)11-2-6-19(7-3-11)9-13-15-4-5-16-13/h4-5,8,11H,2-3,6-7,9H2,1H3,(H,15,16)(H,17,18,20). The highest BCUT2D eigenvalue weighted by Gasteiger charge is 2.22. The molecule has 0 spiro atoms. The lowest BCUT2D eigenvalue weighted by atomic mass is 9.93. The molecule has 0 atom stereocenters. The van der Waals surface area contributed by atoms with Gasteiger partial charge in [0.15, 0.2) is 0 Å². The van der Waals surface area contributed by atoms with Crippen LogP contribution in [0.5, 0.6) is 0 Å². The van der Waals surface area contributed by atoms with Crippen LogP contribution in [0.4, 0.5) is 0 Å². The molecule has 3 heterocycles. The maximum atomic E-state index is 11.5. The molecule has 1 aliphatic rings. The van der Waals surface area contributed by atoms with Crippen LogP contribution in [-0.2, 0) is 6.54 Å². The summed E-state index contributed by atoms with van der Waals surface area (Å²) < 4.78 is 0. The van der Waals surface area contributed by atoms with Crippen LogP contribution in [-0.4, -0.2) is 37.9 Å². The number of hydrogen-bond donors (Lipinski definition) is 2. The Balaban J connectivity index is 1.62. The topological polar surface area (TPSA) is 77.7 Å². The van der Waals surface area contributed by atoms with Crippen LogP contribution in [0.1, 0.15) is 36.1 Å². The van der Waals surface area contributed by atoms with Crippen LogP contribution in [0.2, 0.25) is 0 Å². The Kier molecular flexibility index (Phi) is 3.64. The molecule has 0 aliphatic carbocycles. The molecular weight excluding hydrogens is 254 g/mol. The van der Waals surface area contributed by atoms with Crippen LogP contribution in [0.25, 0.3) is 0 Å². The minimum absolute atomic E-state index is 0.0504. The largest absolute Gasteiger partial charge is 0.348 e. The Hall–Kier alpha value is -1.95. The van der Waals surface area contributed by atoms with E-state index >= 15 is 0 Å². The van der Waals surface area contributed by atoms with Gasteiger partial charge in [-0.1, -0.05) is 0 Å². The predicted octanol–water partition coefficient (Wildman–Crippen LogP) is 1.18. The lowest BCUT2D eigenvalue weighted by Gasteiger charge is -2.31. The minimum Gasteiger partial charge on any atom is -0.348 e. The van der Waals surface area contributed by atoms with Gasteiger partial charge in [0.25, 0.3) is 5.56 Å². The van der Waals surface area contributed by atoms with E-state index < -0.39 is 0 Å². The zero-order chi connectivity index (χ0) is 13.9. The van der Waals surface area contributed by atoms with Gasteiger partial charge in [0.2, 0.25) is 0 Å². The van der Waals surface area contributed by atoms with E-state index in [1.807, 2.05) is 13.1 Å². The van der Waals surface area contributed by atoms with Crippen LogP contribution in [0.3, 0.4) is 0 Å². The SMILES string of the molecule is Cc1nc(C2CCN(Cc3ncc[nH]3)CC2)cc(=O)[nH]1. The molecule has 0 amide bonds. The predicted molar refractivity (Wildman–Crippen MR) is 75.4 cm³/mol. The van der Waals surface area contributed by atoms with Crippen molar-refractivity contribution in [3.8, 4) is 0 Å². The number of aryl methyl sites for hydroxylation is 1. The van der Waals surface area contributed by atoms with E-state index in [0.29, 0.717) is 11.7 Å². The summed E-state index contributed by atoms with van der Waals surface area (Å²) in [5, 5.41) is 0. The van der Waals surface area contributed by atoms with Gasteiger partial charge >= 0.3 is 0 Å². The first kappa shape index (κ1) is 13.1. The molecule has 0 radical (unpaired) electrons. The highest BCUT2D eigenvalue weighted by atomic mass is 16.1. The Labute approximate surface area is 117 Å². The summed E-state index contributed by atoms with van der Waals surface area (Å²) in [6.45, 7) is 4.72. The maximum absolute atomic E-state index is 11.5. The third-order valence-corrected chi connectivity index (χ3v) is 3.81. The first-order valence-electron chi connectivity index (χ1n) is 6.99. The minimum atomic E-state index is -0.0504. The molecule has 1 fully saturated rings. The molecule has 0 bridgehead atoms. The second-order valence-corrected chi connectivity index (χ2v) is 5.34. The fourth-order valence-corrected chi connectivity index (χ4v) is 2.79. The number of aromatic amines is 2. The number of imidazole rings is 1. The van der Waals surface area contributed by atoms with Gasteiger partial charge in [-0.15, -0.1) is 0 Å². The van der Waals surface area contributed by atoms with Gasteiger partial charge in [0.1, 0.15) is 11.6 Å². The van der Waals surface area contributed by atoms with E-state index in [1.165, 1.54) is 0 Å². The zero-order valence-electron chi connectivity index (χ0n) is 11.6. The summed E-state index contributed by atoms with van der Waals surface area (Å²) >= 11 is 0. The molecule has 0 unspecified atom stereocenters. The van der Waals surface area contributed by atoms with Gasteiger partial charge in [-0.05, 0) is 32.9 Å². The number of nitrogens with zero attached hydrogens (tertiary/aromatic N) is 3. The molecule has 3 rings (SSSR count). The monoisotopic (exact) mass is 273 g/mol. The normalized spacial score (nSPS) is 17.4. The molecule has 1 saturated heterocycles. The number of piperidine rings is 1. The number of H-pyrrole nitrogens is 2. The van der Waals surface area contributed by atoms with Crippen LogP contribution < -0.4 is 5.56 Å². The second-order valence-electron chi connectivity index (χ2n) is 5.34. The Bertz CT molecular complexity index is 611. The van der Waals surface area contributed by atoms with Crippen molar-refractivity contribution in [2.75, 3.05) is 13.1 Å². The molecule has 106 valence electrons. The number of rotatable bonds is 3. The van der Waals surface area contributed by atoms with Crippen molar-refractivity contribution >= 4 is 0 Å². The highest BCUT2D eigenvalue weighted by Crippen LogP contribution is 2.26. The van der Waals surface area contributed by atoms with Gasteiger partial charge in [-0.2, -0.15) is 0 Å². The fourth-order valence-electron chi connectivity index (χ4n) is 2.79. The van der Waals surface area contributed by atoms with Gasteiger partial charge in [-0.25, -0.2) is 9.97 Å². The lowest BCUT2D eigenvalue weighted by Crippen LogP contribution is -2.33. The second kappa shape index (κ2) is 5.58. The number of hydrogen-bond acceptors (Lipinski definition) is 4. The first-order chi connectivity index (χ1) is 9.70. The van der Waals surface area contributed by atoms with Crippen molar-refractivity contribution in [2.45, 2.75) is 32.2 Å². The molecule has 6 heteroatoms. The van der Waals surface area contributed by atoms with E-state index in [4.69, 9.17) is 0 Å². The van der Waals surface area contributed by atoms with Crippen molar-refractivity contribution in [1.29, 1.82) is 0 Å². The van der Waals surface area contributed by atoms with Crippen molar-refractivity contribution < 1.29 is 0 Å². The molecular formula is C14H19N5O. The molecule has 2 N–H and O–H groups in total. The van der Waals surface area contributed by atoms with Crippen LogP contribution in [0.15, 0.2) is 23.3 Å². The summed E-state index contributed by atoms with van der Waals surface area (Å²) in [6.07, 6.45) is 5.71. The van der Waals surface area contributed by atoms with Crippen molar-refractivity contribution in [3.05, 3.63) is 46.2 Å². The van der Waals surface area contributed by atoms with E-state index in [-0.39, 0.29) is 5.56 Å². The van der Waals surface area contributed by atoms with E-state index in [9.17, 15) is 4.79 Å². The Morgan fingerprint density at radius 3 is 2.85 bits per heavy atom. The number of aromatic nitrogens is 4. The smallest absolute Gasteiger partial charge is 0.251 e. The average Bonchev–Trinajstić information content (AvgIpc) is 2.91. The maximum Gasteiger partial charge on any atom is 0.251 e. The highest BCUT2D eigenvalue weighted by molar-refractivity contribution is 5.09. The van der Waals surface area contributed by atoms with E-state index in [0.717, 1.165) is 44.0 Å². The zero-order valence-corrected chi connectivity index (χ0v) is 11.6. The summed E-state index contributed by atoms with van der Waals surface area (Å²) in [5.74, 6) is 2.10. The third-order valence-electron chi connectivity index (χ3n) is 3.81. The fraction of sp³-hybridized carbons (Fsp3) is 0.500. The van der Waals surface area contributed by atoms with Crippen molar-refractivity contribution in [2.24, 2.45) is 0 Å². The lowest BCUT2D eigenvalue weighted by molar-refractivity contribution is 0.199. The molecule has 20 heavy (non-hydrogen) atoms. The van der Waals surface area contributed by atoms with Crippen molar-refractivity contribution in [1.82, 2.24) is 24.8 Å². The molecule has 0 saturated carbocycles. The Morgan fingerprint density at radius 2 is 2.20 bits per heavy atom. The average molecular weight is 273 g/mol. The van der Waals surface area contributed by atoms with Gasteiger partial charge < -0.3 is 9.97 Å². The third kappa shape index (κ3) is 2.96. The van der Waals surface area contributed by atoms with Crippen molar-refractivity contribution in [3.63, 3.8) is 0 Å². The first-order valence-corrected chi connectivity index (χ1v) is 6.99. The Morgan fingerprint density at radius 1 is 1.40 bits per heavy atom. The molecule has 2 aromatic heterocycles. The van der Waals surface area contributed by atoms with Gasteiger partial charge in [0.05, 0.1) is 12.2 Å². The molecule has 2 aromatic rings. The summed E-state index contributed by atoms with van der Waals surface area (Å²) in [4.78, 5) is 28.4. The number of likely N-dealkylation sites (tertiary alicyclic amines) is 1. The van der Waals surface area contributed by atoms with Crippen LogP contribution >= 0.6 is 0 Å². The van der Waals surface area contributed by atoms with Gasteiger partial charge in [-0.3, -0.25) is 9.69 Å². The summed E-state index contributed by atoms with van der Waals surface area (Å²) in [7, 11) is 0. The quantitative estimate of drug-likeness (QED) is 0.880. The summed E-state index contributed by atoms with van der Waals surface area (Å²) in [6, 6.07) is 1.64. The van der Waals surface area contributed by atoms with Gasteiger partial charge in [0, 0.05) is 24.4 Å². The summed E-state index contributed by atoms with van der Waals surface area (Å²) in [5.41, 5.74) is 0.884. The molecule has 0 aromatic carbocycles. The van der Waals surface area contributed by atoms with Crippen LogP contribution in [0, 0.1) is 6.92 Å². The number of nitrogens with one attached hydrogen (secondary N) is 2.